The van der Waals surface area contributed by atoms with E-state index in [1.807, 2.05) is 11.8 Å². The van der Waals surface area contributed by atoms with Crippen LogP contribution in [0.15, 0.2) is 6.20 Å². The van der Waals surface area contributed by atoms with E-state index in [0.717, 1.165) is 25.9 Å². The highest BCUT2D eigenvalue weighted by Gasteiger charge is 2.37. The molecule has 110 valence electrons. The van der Waals surface area contributed by atoms with Crippen LogP contribution in [0.25, 0.3) is 0 Å². The highest BCUT2D eigenvalue weighted by atomic mass is 16.2. The zero-order valence-corrected chi connectivity index (χ0v) is 12.2. The molecule has 0 aromatic carbocycles. The second-order valence-corrected chi connectivity index (χ2v) is 6.04. The molecule has 5 nitrogen and oxygen atoms in total. The molecule has 1 aliphatic carbocycles. The van der Waals surface area contributed by atoms with Crippen LogP contribution in [0, 0.1) is 5.92 Å². The molecule has 0 spiro atoms. The fourth-order valence-electron chi connectivity index (χ4n) is 3.78. The quantitative estimate of drug-likeness (QED) is 0.921. The van der Waals surface area contributed by atoms with Gasteiger partial charge in [-0.2, -0.15) is 5.10 Å². The van der Waals surface area contributed by atoms with E-state index in [1.165, 1.54) is 25.7 Å². The Morgan fingerprint density at radius 1 is 1.35 bits per heavy atom. The van der Waals surface area contributed by atoms with Crippen molar-refractivity contribution in [3.63, 3.8) is 0 Å². The van der Waals surface area contributed by atoms with Crippen LogP contribution < -0.4 is 5.73 Å². The molecular weight excluding hydrogens is 252 g/mol. The summed E-state index contributed by atoms with van der Waals surface area (Å²) < 4.78 is 1.74. The first-order valence-corrected chi connectivity index (χ1v) is 7.84. The molecule has 3 rings (SSSR count). The van der Waals surface area contributed by atoms with Crippen LogP contribution >= 0.6 is 0 Å². The van der Waals surface area contributed by atoms with E-state index in [0.29, 0.717) is 23.3 Å². The first-order valence-electron chi connectivity index (χ1n) is 7.84. The molecule has 0 bridgehead atoms. The van der Waals surface area contributed by atoms with E-state index < -0.39 is 0 Å². The molecule has 1 aromatic rings. The minimum atomic E-state index is 0.0316. The first kappa shape index (κ1) is 13.5. The number of rotatable bonds is 3. The van der Waals surface area contributed by atoms with Gasteiger partial charge < -0.3 is 10.6 Å². The normalized spacial score (nSPS) is 23.6. The third-order valence-electron chi connectivity index (χ3n) is 4.82. The average molecular weight is 276 g/mol. The molecule has 1 unspecified atom stereocenters. The number of carbonyl (C=O) groups is 1. The Bertz CT molecular complexity index is 490. The summed E-state index contributed by atoms with van der Waals surface area (Å²) in [5, 5.41) is 4.33. The second-order valence-electron chi connectivity index (χ2n) is 6.04. The van der Waals surface area contributed by atoms with E-state index in [2.05, 4.69) is 5.10 Å². The van der Waals surface area contributed by atoms with Gasteiger partial charge in [0.25, 0.3) is 5.91 Å². The zero-order valence-electron chi connectivity index (χ0n) is 12.2. The minimum Gasteiger partial charge on any atom is -0.396 e. The van der Waals surface area contributed by atoms with Gasteiger partial charge in [0.2, 0.25) is 0 Å². The Balaban J connectivity index is 1.79. The summed E-state index contributed by atoms with van der Waals surface area (Å²) in [5.74, 6) is 0.722. The van der Waals surface area contributed by atoms with Gasteiger partial charge >= 0.3 is 0 Å². The zero-order chi connectivity index (χ0) is 14.1. The van der Waals surface area contributed by atoms with Crippen molar-refractivity contribution in [2.24, 2.45) is 5.92 Å². The summed E-state index contributed by atoms with van der Waals surface area (Å²) in [7, 11) is 0. The second kappa shape index (κ2) is 5.46. The molecule has 1 aromatic heterocycles. The number of nitrogens with two attached hydrogens (primary N) is 1. The highest BCUT2D eigenvalue weighted by molar-refractivity contribution is 5.97. The number of hydrogen-bond donors (Lipinski definition) is 1. The number of amides is 1. The van der Waals surface area contributed by atoms with Crippen molar-refractivity contribution in [1.82, 2.24) is 14.7 Å². The molecule has 1 amide bonds. The van der Waals surface area contributed by atoms with Gasteiger partial charge in [0.15, 0.2) is 5.69 Å². The maximum Gasteiger partial charge on any atom is 0.276 e. The van der Waals surface area contributed by atoms with Gasteiger partial charge in [0, 0.05) is 25.3 Å². The van der Waals surface area contributed by atoms with Crippen molar-refractivity contribution in [2.75, 3.05) is 12.3 Å². The lowest BCUT2D eigenvalue weighted by atomic mass is 9.96. The van der Waals surface area contributed by atoms with Crippen molar-refractivity contribution in [3.05, 3.63) is 11.9 Å². The molecule has 1 aliphatic heterocycles. The molecule has 2 aliphatic rings. The minimum absolute atomic E-state index is 0.0316. The summed E-state index contributed by atoms with van der Waals surface area (Å²) in [6.07, 6.45) is 9.19. The first-order chi connectivity index (χ1) is 9.70. The Kier molecular flexibility index (Phi) is 3.68. The van der Waals surface area contributed by atoms with Crippen molar-refractivity contribution < 1.29 is 4.79 Å². The number of aromatic nitrogens is 2. The number of nitrogen functional groups attached to an aromatic ring is 1. The van der Waals surface area contributed by atoms with E-state index in [-0.39, 0.29) is 5.91 Å². The summed E-state index contributed by atoms with van der Waals surface area (Å²) in [4.78, 5) is 14.8. The van der Waals surface area contributed by atoms with E-state index >= 15 is 0 Å². The largest absolute Gasteiger partial charge is 0.396 e. The van der Waals surface area contributed by atoms with E-state index in [4.69, 9.17) is 5.73 Å². The maximum absolute atomic E-state index is 12.7. The third-order valence-corrected chi connectivity index (χ3v) is 4.82. The summed E-state index contributed by atoms with van der Waals surface area (Å²) in [6.45, 7) is 3.60. The molecule has 0 radical (unpaired) electrons. The molecule has 5 heteroatoms. The molecule has 1 saturated heterocycles. The number of anilines is 1. The van der Waals surface area contributed by atoms with Crippen LogP contribution in [0.4, 0.5) is 5.69 Å². The van der Waals surface area contributed by atoms with Crippen LogP contribution in [0.1, 0.15) is 55.9 Å². The Hall–Kier alpha value is -1.52. The van der Waals surface area contributed by atoms with Crippen LogP contribution in [-0.2, 0) is 6.54 Å². The van der Waals surface area contributed by atoms with Crippen molar-refractivity contribution in [1.29, 1.82) is 0 Å². The summed E-state index contributed by atoms with van der Waals surface area (Å²) >= 11 is 0. The molecule has 2 fully saturated rings. The molecule has 20 heavy (non-hydrogen) atoms. The van der Waals surface area contributed by atoms with Crippen LogP contribution in [0.2, 0.25) is 0 Å². The van der Waals surface area contributed by atoms with Crippen molar-refractivity contribution in [2.45, 2.75) is 58.0 Å². The van der Waals surface area contributed by atoms with Gasteiger partial charge in [-0.15, -0.1) is 0 Å². The average Bonchev–Trinajstić information content (AvgIpc) is 3.17. The van der Waals surface area contributed by atoms with Gasteiger partial charge in [-0.3, -0.25) is 9.48 Å². The van der Waals surface area contributed by atoms with Gasteiger partial charge in [-0.1, -0.05) is 12.8 Å². The lowest BCUT2D eigenvalue weighted by molar-refractivity contribution is 0.0683. The summed E-state index contributed by atoms with van der Waals surface area (Å²) in [6, 6.07) is 0.413. The monoisotopic (exact) mass is 276 g/mol. The van der Waals surface area contributed by atoms with Crippen LogP contribution in [-0.4, -0.2) is 33.2 Å². The Morgan fingerprint density at radius 3 is 2.75 bits per heavy atom. The lowest BCUT2D eigenvalue weighted by Crippen LogP contribution is -2.39. The Labute approximate surface area is 120 Å². The number of carbonyl (C=O) groups excluding carboxylic acids is 1. The number of nitrogens with zero attached hydrogens (tertiary/aromatic N) is 3. The van der Waals surface area contributed by atoms with Crippen molar-refractivity contribution >= 4 is 11.6 Å². The fraction of sp³-hybridized carbons (Fsp3) is 0.733. The van der Waals surface area contributed by atoms with Gasteiger partial charge in [-0.25, -0.2) is 0 Å². The number of aryl methyl sites for hydroxylation is 1. The maximum atomic E-state index is 12.7. The smallest absolute Gasteiger partial charge is 0.276 e. The fourth-order valence-corrected chi connectivity index (χ4v) is 3.78. The number of likely N-dealkylation sites (tertiary alicyclic amines) is 1. The Morgan fingerprint density at radius 2 is 2.10 bits per heavy atom. The van der Waals surface area contributed by atoms with Crippen LogP contribution in [0.3, 0.4) is 0 Å². The highest BCUT2D eigenvalue weighted by Crippen LogP contribution is 2.36. The van der Waals surface area contributed by atoms with E-state index in [9.17, 15) is 4.79 Å². The predicted molar refractivity (Wildman–Crippen MR) is 78.3 cm³/mol. The predicted octanol–water partition coefficient (Wildman–Crippen LogP) is 2.28. The molecule has 1 atom stereocenters. The van der Waals surface area contributed by atoms with E-state index in [1.54, 1.807) is 10.9 Å². The van der Waals surface area contributed by atoms with Gasteiger partial charge in [0.1, 0.15) is 0 Å². The van der Waals surface area contributed by atoms with Gasteiger partial charge in [0.05, 0.1) is 5.69 Å². The molecular formula is C15H24N4O. The van der Waals surface area contributed by atoms with Gasteiger partial charge in [-0.05, 0) is 38.5 Å². The molecule has 2 heterocycles. The third kappa shape index (κ3) is 2.30. The SMILES string of the molecule is CCn1cc(N)c(C(=O)N2CCCC2C2CCCC2)n1. The van der Waals surface area contributed by atoms with Crippen LogP contribution in [0.5, 0.6) is 0 Å². The standard InChI is InChI=1S/C15H24N4O/c1-2-18-10-12(16)14(17-18)15(20)19-9-5-8-13(19)11-6-3-4-7-11/h10-11,13H,2-9,16H2,1H3. The lowest BCUT2D eigenvalue weighted by Gasteiger charge is -2.29. The molecule has 2 N–H and O–H groups in total. The van der Waals surface area contributed by atoms with Crippen molar-refractivity contribution in [3.8, 4) is 0 Å². The number of hydrogen-bond acceptors (Lipinski definition) is 3. The topological polar surface area (TPSA) is 64.2 Å². The summed E-state index contributed by atoms with van der Waals surface area (Å²) in [5.41, 5.74) is 6.90. The molecule has 1 saturated carbocycles.